The highest BCUT2D eigenvalue weighted by molar-refractivity contribution is 7.18. The van der Waals surface area contributed by atoms with Crippen molar-refractivity contribution in [2.75, 3.05) is 37.7 Å². The second kappa shape index (κ2) is 10.8. The first-order valence-electron chi connectivity index (χ1n) is 14.5. The average Bonchev–Trinajstić information content (AvgIpc) is 3.36. The molecule has 2 fully saturated rings. The Morgan fingerprint density at radius 3 is 2.78 bits per heavy atom. The highest BCUT2D eigenvalue weighted by Gasteiger charge is 2.34. The van der Waals surface area contributed by atoms with E-state index in [9.17, 15) is 9.59 Å². The van der Waals surface area contributed by atoms with Crippen molar-refractivity contribution in [3.63, 3.8) is 0 Å². The largest absolute Gasteiger partial charge is 0.383 e. The number of aromatic nitrogens is 2. The van der Waals surface area contributed by atoms with E-state index in [1.807, 2.05) is 19.1 Å². The van der Waals surface area contributed by atoms with E-state index in [2.05, 4.69) is 23.3 Å². The van der Waals surface area contributed by atoms with Crippen molar-refractivity contribution in [3.05, 3.63) is 46.6 Å². The number of nitrogens with one attached hydrogen (secondary N) is 1. The summed E-state index contributed by atoms with van der Waals surface area (Å²) in [4.78, 5) is 38.8. The molecule has 2 aliphatic rings. The monoisotopic (exact) mass is 524 g/mol. The summed E-state index contributed by atoms with van der Waals surface area (Å²) >= 11 is 1.66. The molecule has 0 saturated carbocycles. The van der Waals surface area contributed by atoms with Crippen LogP contribution in [-0.2, 0) is 16.0 Å². The van der Waals surface area contributed by atoms with Gasteiger partial charge in [0.25, 0.3) is 0 Å². The predicted octanol–water partition coefficient (Wildman–Crippen LogP) is 4.58. The lowest BCUT2D eigenvalue weighted by atomic mass is 9.89. The molecule has 2 atom stereocenters. The molecule has 0 spiro atoms. The molecular weight excluding hydrogens is 485 g/mol. The summed E-state index contributed by atoms with van der Waals surface area (Å²) in [7, 11) is 0. The fourth-order valence-electron chi connectivity index (χ4n) is 5.38. The van der Waals surface area contributed by atoms with Crippen LogP contribution < -0.4 is 11.1 Å². The zero-order valence-electron chi connectivity index (χ0n) is 24.4. The van der Waals surface area contributed by atoms with E-state index in [0.717, 1.165) is 52.0 Å². The Bertz CT molecular complexity index is 1400. The van der Waals surface area contributed by atoms with E-state index in [4.69, 9.17) is 14.8 Å². The van der Waals surface area contributed by atoms with Crippen molar-refractivity contribution in [2.24, 2.45) is 5.92 Å². The van der Waals surface area contributed by atoms with Crippen molar-refractivity contribution < 1.29 is 13.7 Å². The summed E-state index contributed by atoms with van der Waals surface area (Å²) in [6.07, 6.45) is 5.40. The SMILES string of the molecule is [2H][13C]([2H])([2H])N1CCC(c2nc3cc([C@H]4CC[C@H](C)CN4C(=O)C(=O)Nc4cnc(N)c(CC)c4)ccc3s2)CC1. The van der Waals surface area contributed by atoms with E-state index in [1.54, 1.807) is 27.2 Å². The number of benzene rings is 1. The molecule has 3 N–H and O–H groups in total. The number of pyridine rings is 1. The first kappa shape index (κ1) is 22.0. The Morgan fingerprint density at radius 1 is 1.22 bits per heavy atom. The van der Waals surface area contributed by atoms with Crippen molar-refractivity contribution in [1.29, 1.82) is 0 Å². The molecule has 196 valence electrons. The number of aryl methyl sites for hydroxylation is 1. The van der Waals surface area contributed by atoms with Crippen LogP contribution in [0.3, 0.4) is 0 Å². The molecule has 2 saturated heterocycles. The molecule has 2 aliphatic heterocycles. The van der Waals surface area contributed by atoms with Gasteiger partial charge in [0.2, 0.25) is 0 Å². The molecule has 1 aromatic carbocycles. The quantitative estimate of drug-likeness (QED) is 0.382. The third-order valence-electron chi connectivity index (χ3n) is 7.57. The summed E-state index contributed by atoms with van der Waals surface area (Å²) in [6, 6.07) is 7.67. The Balaban J connectivity index is 1.33. The van der Waals surface area contributed by atoms with Crippen molar-refractivity contribution >= 4 is 44.9 Å². The van der Waals surface area contributed by atoms with E-state index >= 15 is 0 Å². The number of hydrogen-bond acceptors (Lipinski definition) is 7. The van der Waals surface area contributed by atoms with Gasteiger partial charge in [-0.05, 0) is 87.4 Å². The van der Waals surface area contributed by atoms with Crippen LogP contribution in [-0.4, -0.2) is 58.2 Å². The van der Waals surface area contributed by atoms with Gasteiger partial charge in [-0.1, -0.05) is 19.9 Å². The van der Waals surface area contributed by atoms with Crippen LogP contribution in [0.5, 0.6) is 0 Å². The molecule has 9 heteroatoms. The third kappa shape index (κ3) is 5.48. The number of thiazole rings is 1. The van der Waals surface area contributed by atoms with Crippen LogP contribution >= 0.6 is 11.3 Å². The van der Waals surface area contributed by atoms with Gasteiger partial charge in [-0.25, -0.2) is 9.97 Å². The highest BCUT2D eigenvalue weighted by Crippen LogP contribution is 2.38. The molecule has 4 heterocycles. The maximum absolute atomic E-state index is 13.4. The molecule has 0 radical (unpaired) electrons. The Labute approximate surface area is 226 Å². The van der Waals surface area contributed by atoms with Gasteiger partial charge in [0, 0.05) is 16.6 Å². The molecule has 8 nitrogen and oxygen atoms in total. The number of anilines is 2. The maximum Gasteiger partial charge on any atom is 0.313 e. The zero-order chi connectivity index (χ0) is 28.6. The molecule has 5 rings (SSSR count). The lowest BCUT2D eigenvalue weighted by Crippen LogP contribution is -2.46. The Morgan fingerprint density at radius 2 is 2.03 bits per heavy atom. The lowest BCUT2D eigenvalue weighted by Gasteiger charge is -2.38. The van der Waals surface area contributed by atoms with E-state index in [-0.39, 0.29) is 17.9 Å². The molecule has 0 aliphatic carbocycles. The van der Waals surface area contributed by atoms with Crippen LogP contribution in [0, 0.1) is 5.92 Å². The number of nitrogens with zero attached hydrogens (tertiary/aromatic N) is 4. The number of likely N-dealkylation sites (tertiary alicyclic amines) is 2. The molecule has 0 bridgehead atoms. The van der Waals surface area contributed by atoms with E-state index in [1.165, 1.54) is 6.20 Å². The minimum atomic E-state index is -2.05. The van der Waals surface area contributed by atoms with Crippen LogP contribution in [0.2, 0.25) is 0 Å². The standard InChI is InChI=1S/C28H36N6O2S/c1-4-18-13-21(15-30-25(18)29)31-26(35)28(36)34-16-17(2)5-7-23(34)20-6-8-24-22(14-20)32-27(37-24)19-9-11-33(3)12-10-19/h6,8,13-15,17,19,23H,4-5,7,9-12,16H2,1-3H3,(H2,29,30)(H,31,35)/t17-,23+/m0/s1/i3+1D3. The topological polar surface area (TPSA) is 104 Å². The summed E-state index contributed by atoms with van der Waals surface area (Å²) in [6.45, 7) is 3.57. The number of amides is 2. The second-order valence-corrected chi connectivity index (χ2v) is 11.3. The van der Waals surface area contributed by atoms with Crippen molar-refractivity contribution in [2.45, 2.75) is 57.9 Å². The predicted molar refractivity (Wildman–Crippen MR) is 149 cm³/mol. The number of fused-ring (bicyclic) bond motifs is 1. The van der Waals surface area contributed by atoms with Gasteiger partial charge in [0.1, 0.15) is 5.82 Å². The number of hydrogen-bond donors (Lipinski definition) is 2. The van der Waals surface area contributed by atoms with Crippen molar-refractivity contribution in [3.8, 4) is 0 Å². The van der Waals surface area contributed by atoms with Gasteiger partial charge in [0.15, 0.2) is 0 Å². The lowest BCUT2D eigenvalue weighted by molar-refractivity contribution is -0.146. The van der Waals surface area contributed by atoms with Gasteiger partial charge in [0.05, 0.1) is 33.2 Å². The molecule has 2 amide bonds. The smallest absolute Gasteiger partial charge is 0.313 e. The molecule has 0 unspecified atom stereocenters. The number of piperidine rings is 2. The van der Waals surface area contributed by atoms with Gasteiger partial charge >= 0.3 is 11.8 Å². The van der Waals surface area contributed by atoms with Gasteiger partial charge < -0.3 is 20.9 Å². The summed E-state index contributed by atoms with van der Waals surface area (Å²) in [5, 5.41) is 3.74. The maximum atomic E-state index is 13.4. The van der Waals surface area contributed by atoms with Crippen molar-refractivity contribution in [1.82, 2.24) is 19.8 Å². The molecule has 2 aromatic heterocycles. The second-order valence-electron chi connectivity index (χ2n) is 10.3. The third-order valence-corrected chi connectivity index (χ3v) is 8.77. The van der Waals surface area contributed by atoms with E-state index in [0.29, 0.717) is 37.6 Å². The number of nitrogen functional groups attached to an aromatic ring is 1. The van der Waals surface area contributed by atoms with Gasteiger partial charge in [-0.15, -0.1) is 11.3 Å². The number of carbonyl (C=O) groups excluding carboxylic acids is 2. The van der Waals surface area contributed by atoms with E-state index < -0.39 is 18.8 Å². The minimum Gasteiger partial charge on any atom is -0.383 e. The number of rotatable bonds is 4. The molecular formula is C28H36N6O2S. The zero-order valence-corrected chi connectivity index (χ0v) is 22.2. The summed E-state index contributed by atoms with van der Waals surface area (Å²) in [5.74, 6) is -0.306. The number of nitrogens with two attached hydrogens (primary N) is 1. The summed E-state index contributed by atoms with van der Waals surface area (Å²) in [5.41, 5.74) is 9.00. The highest BCUT2D eigenvalue weighted by atomic mass is 32.1. The molecule has 37 heavy (non-hydrogen) atoms. The molecule has 3 aromatic rings. The minimum absolute atomic E-state index is 0.220. The fourth-order valence-corrected chi connectivity index (χ4v) is 6.50. The van der Waals surface area contributed by atoms with Crippen LogP contribution in [0.25, 0.3) is 10.2 Å². The van der Waals surface area contributed by atoms with Gasteiger partial charge in [-0.2, -0.15) is 0 Å². The van der Waals surface area contributed by atoms with Crippen LogP contribution in [0.4, 0.5) is 11.5 Å². The first-order chi connectivity index (χ1) is 19.0. The Kier molecular flexibility index (Phi) is 6.39. The van der Waals surface area contributed by atoms with Crippen LogP contribution in [0.1, 0.15) is 71.7 Å². The van der Waals surface area contributed by atoms with Crippen LogP contribution in [0.15, 0.2) is 30.5 Å². The first-order valence-corrected chi connectivity index (χ1v) is 13.9. The average molecular weight is 525 g/mol. The van der Waals surface area contributed by atoms with Gasteiger partial charge in [-0.3, -0.25) is 9.59 Å². The summed E-state index contributed by atoms with van der Waals surface area (Å²) < 4.78 is 24.0. The Hall–Kier alpha value is -3.04. The fraction of sp³-hybridized carbons (Fsp3) is 0.500. The number of carbonyl (C=O) groups is 2. The normalized spacial score (nSPS) is 22.9.